The molecule has 0 aromatic heterocycles. The molecule has 0 bridgehead atoms. The first-order chi connectivity index (χ1) is 5.77. The Morgan fingerprint density at radius 2 is 2.33 bits per heavy atom. The van der Waals surface area contributed by atoms with Crippen molar-refractivity contribution in [3.8, 4) is 0 Å². The molecule has 2 nitrogen and oxygen atoms in total. The fourth-order valence-corrected chi connectivity index (χ4v) is 1.47. The molecule has 1 saturated carbocycles. The number of nitrogens with zero attached hydrogens (tertiary/aromatic N) is 1. The van der Waals surface area contributed by atoms with Gasteiger partial charge in [0, 0.05) is 19.0 Å². The van der Waals surface area contributed by atoms with E-state index in [0.717, 1.165) is 37.8 Å². The molecular formula is C9H12BNO. The Balaban J connectivity index is 1.93. The third-order valence-corrected chi connectivity index (χ3v) is 2.48. The van der Waals surface area contributed by atoms with Gasteiger partial charge in [0.15, 0.2) is 0 Å². The van der Waals surface area contributed by atoms with Crippen molar-refractivity contribution in [2.45, 2.75) is 19.3 Å². The topological polar surface area (TPSA) is 20.3 Å². The minimum atomic E-state index is 0.332. The van der Waals surface area contributed by atoms with Crippen LogP contribution in [0.4, 0.5) is 0 Å². The summed E-state index contributed by atoms with van der Waals surface area (Å²) in [4.78, 5) is 13.4. The maximum Gasteiger partial charge on any atom is 0.225 e. The molecule has 62 valence electrons. The summed E-state index contributed by atoms with van der Waals surface area (Å²) >= 11 is 0. The van der Waals surface area contributed by atoms with Crippen LogP contribution < -0.4 is 0 Å². The molecule has 2 radical (unpaired) electrons. The molecule has 1 amide bonds. The zero-order chi connectivity index (χ0) is 8.55. The lowest BCUT2D eigenvalue weighted by Gasteiger charge is -2.25. The Morgan fingerprint density at radius 1 is 1.58 bits per heavy atom. The molecular weight excluding hydrogens is 149 g/mol. The first kappa shape index (κ1) is 7.90. The van der Waals surface area contributed by atoms with E-state index in [1.54, 1.807) is 0 Å². The highest BCUT2D eigenvalue weighted by Gasteiger charge is 2.33. The zero-order valence-corrected chi connectivity index (χ0v) is 7.12. The molecule has 2 rings (SSSR count). The smallest absolute Gasteiger partial charge is 0.225 e. The maximum atomic E-state index is 11.5. The molecule has 3 heteroatoms. The van der Waals surface area contributed by atoms with E-state index in [1.807, 2.05) is 11.0 Å². The third kappa shape index (κ3) is 1.54. The Bertz CT molecular complexity index is 233. The van der Waals surface area contributed by atoms with Gasteiger partial charge in [-0.3, -0.25) is 4.79 Å². The number of amides is 1. The summed E-state index contributed by atoms with van der Waals surface area (Å²) in [5.74, 6) is 0.677. The van der Waals surface area contributed by atoms with Gasteiger partial charge in [0.1, 0.15) is 7.85 Å². The SMILES string of the molecule is [B]C1=CCN(C(=O)C2CC2)CC1. The highest BCUT2D eigenvalue weighted by atomic mass is 16.2. The van der Waals surface area contributed by atoms with E-state index in [1.165, 1.54) is 0 Å². The van der Waals surface area contributed by atoms with Crippen LogP contribution in [0.15, 0.2) is 11.5 Å². The molecule has 1 aliphatic heterocycles. The van der Waals surface area contributed by atoms with Crippen LogP contribution in [-0.4, -0.2) is 31.7 Å². The normalized spacial score (nSPS) is 23.7. The van der Waals surface area contributed by atoms with Crippen molar-refractivity contribution >= 4 is 13.8 Å². The average molecular weight is 161 g/mol. The molecule has 0 spiro atoms. The number of carbonyl (C=O) groups is 1. The van der Waals surface area contributed by atoms with Crippen LogP contribution in [-0.2, 0) is 4.79 Å². The zero-order valence-electron chi connectivity index (χ0n) is 7.12. The summed E-state index contributed by atoms with van der Waals surface area (Å²) in [5.41, 5.74) is 0.926. The fraction of sp³-hybridized carbons (Fsp3) is 0.667. The van der Waals surface area contributed by atoms with Gasteiger partial charge in [-0.15, -0.1) is 5.47 Å². The number of rotatable bonds is 1. The fourth-order valence-electron chi connectivity index (χ4n) is 1.47. The van der Waals surface area contributed by atoms with Crippen molar-refractivity contribution in [2.75, 3.05) is 13.1 Å². The van der Waals surface area contributed by atoms with Crippen molar-refractivity contribution in [3.63, 3.8) is 0 Å². The highest BCUT2D eigenvalue weighted by Crippen LogP contribution is 2.31. The second kappa shape index (κ2) is 2.96. The van der Waals surface area contributed by atoms with Gasteiger partial charge in [0.25, 0.3) is 0 Å². The number of carbonyl (C=O) groups excluding carboxylic acids is 1. The van der Waals surface area contributed by atoms with Crippen molar-refractivity contribution in [1.82, 2.24) is 4.90 Å². The summed E-state index contributed by atoms with van der Waals surface area (Å²) < 4.78 is 0. The molecule has 0 saturated heterocycles. The van der Waals surface area contributed by atoms with Gasteiger partial charge in [-0.25, -0.2) is 0 Å². The minimum absolute atomic E-state index is 0.332. The molecule has 0 aromatic carbocycles. The standard InChI is InChI=1S/C9H12BNO/c10-8-3-5-11(6-4-8)9(12)7-1-2-7/h3,7H,1-2,4-6H2. The summed E-state index contributed by atoms with van der Waals surface area (Å²) in [6.07, 6.45) is 4.98. The minimum Gasteiger partial charge on any atom is -0.338 e. The van der Waals surface area contributed by atoms with E-state index in [0.29, 0.717) is 11.8 Å². The lowest BCUT2D eigenvalue weighted by Crippen LogP contribution is -2.35. The summed E-state index contributed by atoms with van der Waals surface area (Å²) in [7, 11) is 5.61. The molecule has 12 heavy (non-hydrogen) atoms. The Morgan fingerprint density at radius 3 is 2.83 bits per heavy atom. The molecule has 0 atom stereocenters. The first-order valence-corrected chi connectivity index (χ1v) is 4.50. The summed E-state index contributed by atoms with van der Waals surface area (Å²) in [5, 5.41) is 0. The molecule has 1 fully saturated rings. The quantitative estimate of drug-likeness (QED) is 0.518. The third-order valence-electron chi connectivity index (χ3n) is 2.48. The predicted molar refractivity (Wildman–Crippen MR) is 47.8 cm³/mol. The molecule has 0 unspecified atom stereocenters. The van der Waals surface area contributed by atoms with Gasteiger partial charge in [-0.1, -0.05) is 6.08 Å². The van der Waals surface area contributed by atoms with E-state index in [4.69, 9.17) is 7.85 Å². The van der Waals surface area contributed by atoms with Gasteiger partial charge < -0.3 is 4.90 Å². The van der Waals surface area contributed by atoms with E-state index < -0.39 is 0 Å². The lowest BCUT2D eigenvalue weighted by atomic mass is 9.90. The number of hydrogen-bond donors (Lipinski definition) is 0. The molecule has 0 aromatic rings. The second-order valence-corrected chi connectivity index (χ2v) is 3.59. The first-order valence-electron chi connectivity index (χ1n) is 4.50. The summed E-state index contributed by atoms with van der Waals surface area (Å²) in [6.45, 7) is 1.54. The highest BCUT2D eigenvalue weighted by molar-refractivity contribution is 6.21. The Hall–Kier alpha value is -0.725. The van der Waals surface area contributed by atoms with Crippen LogP contribution in [0.3, 0.4) is 0 Å². The summed E-state index contributed by atoms with van der Waals surface area (Å²) in [6, 6.07) is 0. The van der Waals surface area contributed by atoms with Crippen LogP contribution >= 0.6 is 0 Å². The Labute approximate surface area is 74.0 Å². The van der Waals surface area contributed by atoms with Gasteiger partial charge in [-0.2, -0.15) is 0 Å². The van der Waals surface area contributed by atoms with Gasteiger partial charge in [0.2, 0.25) is 5.91 Å². The molecule has 1 aliphatic carbocycles. The van der Waals surface area contributed by atoms with Gasteiger partial charge >= 0.3 is 0 Å². The van der Waals surface area contributed by atoms with Crippen molar-refractivity contribution < 1.29 is 4.79 Å². The van der Waals surface area contributed by atoms with Crippen LogP contribution in [0.25, 0.3) is 0 Å². The molecule has 1 heterocycles. The molecule has 0 N–H and O–H groups in total. The van der Waals surface area contributed by atoms with E-state index >= 15 is 0 Å². The second-order valence-electron chi connectivity index (χ2n) is 3.59. The van der Waals surface area contributed by atoms with Crippen molar-refractivity contribution in [2.24, 2.45) is 5.92 Å². The largest absolute Gasteiger partial charge is 0.338 e. The number of hydrogen-bond acceptors (Lipinski definition) is 1. The van der Waals surface area contributed by atoms with Crippen LogP contribution in [0.2, 0.25) is 0 Å². The molecule has 2 aliphatic rings. The van der Waals surface area contributed by atoms with Crippen LogP contribution in [0, 0.1) is 5.92 Å². The Kier molecular flexibility index (Phi) is 1.95. The monoisotopic (exact) mass is 161 g/mol. The van der Waals surface area contributed by atoms with Gasteiger partial charge in [-0.05, 0) is 19.3 Å². The van der Waals surface area contributed by atoms with E-state index in [-0.39, 0.29) is 0 Å². The van der Waals surface area contributed by atoms with Crippen molar-refractivity contribution in [1.29, 1.82) is 0 Å². The van der Waals surface area contributed by atoms with E-state index in [9.17, 15) is 4.79 Å². The maximum absolute atomic E-state index is 11.5. The van der Waals surface area contributed by atoms with Gasteiger partial charge in [0.05, 0.1) is 0 Å². The van der Waals surface area contributed by atoms with Crippen LogP contribution in [0.5, 0.6) is 0 Å². The predicted octanol–water partition coefficient (Wildman–Crippen LogP) is 0.681. The van der Waals surface area contributed by atoms with Crippen LogP contribution in [0.1, 0.15) is 19.3 Å². The van der Waals surface area contributed by atoms with E-state index in [2.05, 4.69) is 0 Å². The lowest BCUT2D eigenvalue weighted by molar-refractivity contribution is -0.132. The average Bonchev–Trinajstić information content (AvgIpc) is 2.87. The van der Waals surface area contributed by atoms with Crippen molar-refractivity contribution in [3.05, 3.63) is 11.5 Å².